The van der Waals surface area contributed by atoms with Crippen LogP contribution >= 0.6 is 0 Å². The van der Waals surface area contributed by atoms with E-state index in [4.69, 9.17) is 0 Å². The zero-order valence-corrected chi connectivity index (χ0v) is 14.5. The first-order chi connectivity index (χ1) is 12.3. The van der Waals surface area contributed by atoms with E-state index in [2.05, 4.69) is 20.1 Å². The maximum absolute atomic E-state index is 13.0. The highest BCUT2D eigenvalue weighted by Crippen LogP contribution is 2.20. The van der Waals surface area contributed by atoms with Crippen LogP contribution in [0.2, 0.25) is 0 Å². The van der Waals surface area contributed by atoms with Gasteiger partial charge in [0.05, 0.1) is 6.54 Å². The number of rotatable bonds is 5. The van der Waals surface area contributed by atoms with Crippen LogP contribution in [0.5, 0.6) is 0 Å². The van der Waals surface area contributed by atoms with Gasteiger partial charge in [0.2, 0.25) is 5.91 Å². The molecular formula is C19H25N5O. The zero-order valence-electron chi connectivity index (χ0n) is 14.5. The van der Waals surface area contributed by atoms with Crippen LogP contribution in [0.4, 0.5) is 0 Å². The molecule has 25 heavy (non-hydrogen) atoms. The van der Waals surface area contributed by atoms with Crippen LogP contribution < -0.4 is 5.32 Å². The lowest BCUT2D eigenvalue weighted by molar-refractivity contribution is -0.132. The Morgan fingerprint density at radius 3 is 2.60 bits per heavy atom. The van der Waals surface area contributed by atoms with Gasteiger partial charge in [-0.1, -0.05) is 30.3 Å². The molecule has 1 aromatic carbocycles. The first-order valence-corrected chi connectivity index (χ1v) is 9.31. The monoisotopic (exact) mass is 339 g/mol. The number of aryl methyl sites for hydroxylation is 1. The van der Waals surface area contributed by atoms with Gasteiger partial charge < -0.3 is 9.47 Å². The van der Waals surface area contributed by atoms with Gasteiger partial charge in [0.1, 0.15) is 17.7 Å². The van der Waals surface area contributed by atoms with Crippen molar-refractivity contribution < 1.29 is 4.79 Å². The molecule has 0 radical (unpaired) electrons. The molecule has 2 aliphatic rings. The Bertz CT molecular complexity index is 721. The molecule has 2 aliphatic heterocycles. The average Bonchev–Trinajstić information content (AvgIpc) is 3.33. The van der Waals surface area contributed by atoms with Crippen LogP contribution in [-0.4, -0.2) is 38.7 Å². The Morgan fingerprint density at radius 2 is 1.80 bits per heavy atom. The van der Waals surface area contributed by atoms with E-state index < -0.39 is 0 Å². The molecule has 3 heterocycles. The number of benzene rings is 1. The fraction of sp³-hybridized carbons (Fsp3) is 0.526. The summed E-state index contributed by atoms with van der Waals surface area (Å²) in [6.07, 6.45) is 5.57. The number of nitrogens with zero attached hydrogens (tertiary/aromatic N) is 4. The smallest absolute Gasteiger partial charge is 0.244 e. The van der Waals surface area contributed by atoms with Crippen molar-refractivity contribution in [1.82, 2.24) is 25.0 Å². The second-order valence-electron chi connectivity index (χ2n) is 6.90. The van der Waals surface area contributed by atoms with Crippen LogP contribution in [0.25, 0.3) is 0 Å². The summed E-state index contributed by atoms with van der Waals surface area (Å²) in [4.78, 5) is 15.0. The van der Waals surface area contributed by atoms with Gasteiger partial charge in [-0.15, -0.1) is 10.2 Å². The van der Waals surface area contributed by atoms with Crippen molar-refractivity contribution in [2.75, 3.05) is 13.1 Å². The van der Waals surface area contributed by atoms with Crippen molar-refractivity contribution in [1.29, 1.82) is 0 Å². The highest BCUT2D eigenvalue weighted by Gasteiger charge is 2.28. The molecule has 1 saturated heterocycles. The van der Waals surface area contributed by atoms with E-state index in [1.807, 2.05) is 35.2 Å². The Morgan fingerprint density at radius 1 is 1.04 bits per heavy atom. The summed E-state index contributed by atoms with van der Waals surface area (Å²) >= 11 is 0. The van der Waals surface area contributed by atoms with E-state index in [-0.39, 0.29) is 11.9 Å². The predicted octanol–water partition coefficient (Wildman–Crippen LogP) is 2.07. The van der Waals surface area contributed by atoms with Crippen LogP contribution in [0.3, 0.4) is 0 Å². The van der Waals surface area contributed by atoms with Gasteiger partial charge in [-0.05, 0) is 31.2 Å². The van der Waals surface area contributed by atoms with Gasteiger partial charge in [0.15, 0.2) is 0 Å². The van der Waals surface area contributed by atoms with Crippen LogP contribution in [0.15, 0.2) is 30.3 Å². The number of likely N-dealkylation sites (tertiary alicyclic amines) is 1. The second-order valence-corrected chi connectivity index (χ2v) is 6.90. The molecule has 0 aliphatic carbocycles. The summed E-state index contributed by atoms with van der Waals surface area (Å²) in [7, 11) is 0. The number of carbonyl (C=O) groups excluding carboxylic acids is 1. The summed E-state index contributed by atoms with van der Waals surface area (Å²) in [5.74, 6) is 2.18. The minimum absolute atomic E-state index is 0.169. The maximum atomic E-state index is 13.0. The van der Waals surface area contributed by atoms with Gasteiger partial charge in [-0.3, -0.25) is 10.1 Å². The Hall–Kier alpha value is -2.21. The van der Waals surface area contributed by atoms with Crippen molar-refractivity contribution >= 4 is 5.91 Å². The van der Waals surface area contributed by atoms with Crippen molar-refractivity contribution in [2.45, 2.75) is 51.2 Å². The molecule has 0 saturated carbocycles. The quantitative estimate of drug-likeness (QED) is 0.906. The Balaban J connectivity index is 1.52. The average molecular weight is 339 g/mol. The fourth-order valence-corrected chi connectivity index (χ4v) is 3.81. The van der Waals surface area contributed by atoms with E-state index in [9.17, 15) is 4.79 Å². The normalized spacial score (nSPS) is 18.2. The Labute approximate surface area is 148 Å². The highest BCUT2D eigenvalue weighted by atomic mass is 16.2. The summed E-state index contributed by atoms with van der Waals surface area (Å²) in [6.45, 7) is 3.27. The molecule has 0 spiro atoms. The lowest BCUT2D eigenvalue weighted by Crippen LogP contribution is -2.39. The molecule has 0 unspecified atom stereocenters. The largest absolute Gasteiger partial charge is 0.341 e. The lowest BCUT2D eigenvalue weighted by Gasteiger charge is -2.24. The van der Waals surface area contributed by atoms with Gasteiger partial charge in [-0.25, -0.2) is 0 Å². The number of amides is 1. The van der Waals surface area contributed by atoms with Crippen LogP contribution in [-0.2, 0) is 24.3 Å². The van der Waals surface area contributed by atoms with E-state index in [0.29, 0.717) is 6.54 Å². The molecule has 6 nitrogen and oxygen atoms in total. The topological polar surface area (TPSA) is 63.1 Å². The SMILES string of the molecule is O=C([C@@H](NCc1nnc2n1CCCC2)c1ccccc1)N1CCCC1. The van der Waals surface area contributed by atoms with Gasteiger partial charge in [-0.2, -0.15) is 0 Å². The number of hydrogen-bond donors (Lipinski definition) is 1. The number of aromatic nitrogens is 3. The zero-order chi connectivity index (χ0) is 17.1. The number of hydrogen-bond acceptors (Lipinski definition) is 4. The third kappa shape index (κ3) is 3.44. The van der Waals surface area contributed by atoms with Gasteiger partial charge >= 0.3 is 0 Å². The molecule has 1 atom stereocenters. The predicted molar refractivity (Wildman–Crippen MR) is 94.8 cm³/mol. The number of fused-ring (bicyclic) bond motifs is 1. The third-order valence-corrected chi connectivity index (χ3v) is 5.20. The van der Waals surface area contributed by atoms with E-state index in [1.165, 1.54) is 12.8 Å². The van der Waals surface area contributed by atoms with Crippen molar-refractivity contribution in [3.8, 4) is 0 Å². The molecule has 4 rings (SSSR count). The van der Waals surface area contributed by atoms with Crippen molar-refractivity contribution in [3.63, 3.8) is 0 Å². The Kier molecular flexibility index (Phi) is 4.78. The molecule has 1 N–H and O–H groups in total. The van der Waals surface area contributed by atoms with Crippen molar-refractivity contribution in [3.05, 3.63) is 47.5 Å². The van der Waals surface area contributed by atoms with E-state index >= 15 is 0 Å². The summed E-state index contributed by atoms with van der Waals surface area (Å²) < 4.78 is 2.21. The second kappa shape index (κ2) is 7.35. The summed E-state index contributed by atoms with van der Waals surface area (Å²) in [6, 6.07) is 9.67. The lowest BCUT2D eigenvalue weighted by atomic mass is 10.1. The minimum atomic E-state index is -0.323. The van der Waals surface area contributed by atoms with Crippen molar-refractivity contribution in [2.24, 2.45) is 0 Å². The molecule has 0 bridgehead atoms. The summed E-state index contributed by atoms with van der Waals surface area (Å²) in [5.41, 5.74) is 1.01. The van der Waals surface area contributed by atoms with Gasteiger partial charge in [0.25, 0.3) is 0 Å². The molecule has 1 amide bonds. The fourth-order valence-electron chi connectivity index (χ4n) is 3.81. The number of carbonyl (C=O) groups is 1. The third-order valence-electron chi connectivity index (χ3n) is 5.20. The van der Waals surface area contributed by atoms with E-state index in [1.54, 1.807) is 0 Å². The molecule has 2 aromatic rings. The highest BCUT2D eigenvalue weighted by molar-refractivity contribution is 5.83. The molecular weight excluding hydrogens is 314 g/mol. The first-order valence-electron chi connectivity index (χ1n) is 9.31. The molecule has 1 aromatic heterocycles. The summed E-state index contributed by atoms with van der Waals surface area (Å²) in [5, 5.41) is 12.1. The van der Waals surface area contributed by atoms with E-state index in [0.717, 1.165) is 56.1 Å². The molecule has 132 valence electrons. The van der Waals surface area contributed by atoms with Gasteiger partial charge in [0, 0.05) is 26.1 Å². The van der Waals surface area contributed by atoms with Crippen LogP contribution in [0, 0.1) is 0 Å². The molecule has 1 fully saturated rings. The first kappa shape index (κ1) is 16.3. The minimum Gasteiger partial charge on any atom is -0.341 e. The number of nitrogens with one attached hydrogen (secondary N) is 1. The standard InChI is InChI=1S/C19H25N5O/c25-19(23-11-6-7-12-23)18(15-8-2-1-3-9-15)20-14-17-22-21-16-10-4-5-13-24(16)17/h1-3,8-9,18,20H,4-7,10-14H2/t18-/m0/s1. The maximum Gasteiger partial charge on any atom is 0.244 e. The molecule has 6 heteroatoms. The van der Waals surface area contributed by atoms with Crippen LogP contribution in [0.1, 0.15) is 48.9 Å².